The molecular formula is C26H33N3O3S. The number of carboxylic acids is 1. The van der Waals surface area contributed by atoms with Crippen LogP contribution in [0.5, 0.6) is 0 Å². The van der Waals surface area contributed by atoms with Crippen LogP contribution < -0.4 is 10.2 Å². The van der Waals surface area contributed by atoms with Gasteiger partial charge in [-0.25, -0.2) is 4.98 Å². The lowest BCUT2D eigenvalue weighted by Crippen LogP contribution is -2.46. The van der Waals surface area contributed by atoms with Crippen molar-refractivity contribution >= 4 is 44.6 Å². The highest BCUT2D eigenvalue weighted by atomic mass is 32.1. The van der Waals surface area contributed by atoms with Crippen LogP contribution >= 0.6 is 11.3 Å². The lowest BCUT2D eigenvalue weighted by atomic mass is 9.91. The SMILES string of the molecule is CC[C@H](CC(=O)O)c1ccc(N2CCCC2C(C)(C)O)c(Nc2ccc3nc(C)sc3c2)c1. The number of aryl methyl sites for hydroxylation is 1. The average Bonchev–Trinajstić information content (AvgIpc) is 3.37. The molecule has 7 heteroatoms. The Balaban J connectivity index is 1.75. The van der Waals surface area contributed by atoms with Crippen LogP contribution in [0.4, 0.5) is 17.1 Å². The second-order valence-corrected chi connectivity index (χ2v) is 10.8. The van der Waals surface area contributed by atoms with E-state index in [0.717, 1.165) is 63.7 Å². The number of nitrogens with one attached hydrogen (secondary N) is 1. The van der Waals surface area contributed by atoms with Crippen LogP contribution in [-0.4, -0.2) is 39.4 Å². The van der Waals surface area contributed by atoms with Gasteiger partial charge in [-0.1, -0.05) is 13.0 Å². The Kier molecular flexibility index (Phi) is 6.64. The molecule has 1 aromatic heterocycles. The van der Waals surface area contributed by atoms with Crippen molar-refractivity contribution in [2.24, 2.45) is 0 Å². The Labute approximate surface area is 199 Å². The van der Waals surface area contributed by atoms with E-state index in [4.69, 9.17) is 0 Å². The summed E-state index contributed by atoms with van der Waals surface area (Å²) in [6, 6.07) is 12.4. The van der Waals surface area contributed by atoms with Crippen LogP contribution in [0.2, 0.25) is 0 Å². The molecule has 0 amide bonds. The zero-order valence-electron chi connectivity index (χ0n) is 19.8. The van der Waals surface area contributed by atoms with E-state index >= 15 is 0 Å². The van der Waals surface area contributed by atoms with Gasteiger partial charge in [-0.2, -0.15) is 0 Å². The maximum atomic E-state index is 11.4. The highest BCUT2D eigenvalue weighted by molar-refractivity contribution is 7.18. The number of aliphatic hydroxyl groups is 1. The third-order valence-corrected chi connectivity index (χ3v) is 7.49. The highest BCUT2D eigenvalue weighted by Crippen LogP contribution is 2.40. The fourth-order valence-electron chi connectivity index (χ4n) is 4.93. The van der Waals surface area contributed by atoms with Gasteiger partial charge >= 0.3 is 5.97 Å². The maximum Gasteiger partial charge on any atom is 0.303 e. The van der Waals surface area contributed by atoms with E-state index in [1.807, 2.05) is 45.9 Å². The Hall–Kier alpha value is -2.64. The Morgan fingerprint density at radius 2 is 2.09 bits per heavy atom. The zero-order chi connectivity index (χ0) is 23.8. The molecule has 1 unspecified atom stereocenters. The fraction of sp³-hybridized carbons (Fsp3) is 0.462. The van der Waals surface area contributed by atoms with Crippen molar-refractivity contribution in [3.63, 3.8) is 0 Å². The van der Waals surface area contributed by atoms with Crippen LogP contribution in [-0.2, 0) is 4.79 Å². The molecule has 6 nitrogen and oxygen atoms in total. The Morgan fingerprint density at radius 3 is 2.79 bits per heavy atom. The minimum Gasteiger partial charge on any atom is -0.481 e. The lowest BCUT2D eigenvalue weighted by molar-refractivity contribution is -0.137. The van der Waals surface area contributed by atoms with E-state index in [-0.39, 0.29) is 18.4 Å². The monoisotopic (exact) mass is 467 g/mol. The predicted octanol–water partition coefficient (Wildman–Crippen LogP) is 6.06. The Morgan fingerprint density at radius 1 is 1.30 bits per heavy atom. The van der Waals surface area contributed by atoms with Gasteiger partial charge in [0, 0.05) is 12.2 Å². The van der Waals surface area contributed by atoms with Gasteiger partial charge < -0.3 is 20.4 Å². The first kappa shape index (κ1) is 23.5. The first-order chi connectivity index (χ1) is 15.7. The molecular weight excluding hydrogens is 434 g/mol. The first-order valence-corrected chi connectivity index (χ1v) is 12.5. The number of hydrogen-bond donors (Lipinski definition) is 3. The van der Waals surface area contributed by atoms with Crippen LogP contribution in [0.3, 0.4) is 0 Å². The summed E-state index contributed by atoms with van der Waals surface area (Å²) in [5.74, 6) is -0.833. The van der Waals surface area contributed by atoms with Gasteiger partial charge in [0.05, 0.1) is 44.7 Å². The number of carbonyl (C=O) groups is 1. The van der Waals surface area contributed by atoms with E-state index in [2.05, 4.69) is 33.4 Å². The van der Waals surface area contributed by atoms with Crippen molar-refractivity contribution in [3.8, 4) is 0 Å². The molecule has 0 saturated carbocycles. The van der Waals surface area contributed by atoms with Crippen molar-refractivity contribution in [2.45, 2.75) is 70.9 Å². The number of aromatic nitrogens is 1. The molecule has 4 rings (SSSR count). The van der Waals surface area contributed by atoms with Crippen molar-refractivity contribution in [1.82, 2.24) is 4.98 Å². The van der Waals surface area contributed by atoms with Crippen molar-refractivity contribution in [2.75, 3.05) is 16.8 Å². The predicted molar refractivity (Wildman–Crippen MR) is 136 cm³/mol. The maximum absolute atomic E-state index is 11.4. The summed E-state index contributed by atoms with van der Waals surface area (Å²) in [4.78, 5) is 18.3. The molecule has 1 saturated heterocycles. The van der Waals surface area contributed by atoms with Crippen LogP contribution in [0, 0.1) is 6.92 Å². The van der Waals surface area contributed by atoms with Gasteiger partial charge in [-0.3, -0.25) is 4.79 Å². The number of carboxylic acid groups (broad SMARTS) is 1. The van der Waals surface area contributed by atoms with Crippen molar-refractivity contribution in [3.05, 3.63) is 47.0 Å². The van der Waals surface area contributed by atoms with Crippen LogP contribution in [0.15, 0.2) is 36.4 Å². The number of anilines is 3. The molecule has 0 bridgehead atoms. The standard InChI is InChI=1S/C26H33N3O3S/c1-5-17(14-25(30)31)18-8-11-22(29-12-6-7-24(29)26(3,4)32)21(13-18)28-19-9-10-20-23(15-19)33-16(2)27-20/h8-11,13,15,17,24,28,32H,5-7,12,14H2,1-4H3,(H,30,31)/t17-,24?/m1/s1. The molecule has 2 aromatic carbocycles. The lowest BCUT2D eigenvalue weighted by Gasteiger charge is -2.36. The molecule has 2 heterocycles. The fourth-order valence-corrected chi connectivity index (χ4v) is 5.80. The quantitative estimate of drug-likeness (QED) is 0.374. The summed E-state index contributed by atoms with van der Waals surface area (Å²) in [6.45, 7) is 8.66. The molecule has 1 aliphatic rings. The smallest absolute Gasteiger partial charge is 0.303 e. The average molecular weight is 468 g/mol. The normalized spacial score (nSPS) is 17.5. The number of hydrogen-bond acceptors (Lipinski definition) is 6. The zero-order valence-corrected chi connectivity index (χ0v) is 20.6. The highest BCUT2D eigenvalue weighted by Gasteiger charge is 2.37. The molecule has 3 aromatic rings. The van der Waals surface area contributed by atoms with Gasteiger partial charge in [0.15, 0.2) is 0 Å². The second-order valence-electron chi connectivity index (χ2n) is 9.53. The summed E-state index contributed by atoms with van der Waals surface area (Å²) in [5.41, 5.74) is 4.13. The molecule has 0 radical (unpaired) electrons. The molecule has 1 aliphatic heterocycles. The summed E-state index contributed by atoms with van der Waals surface area (Å²) in [7, 11) is 0. The largest absolute Gasteiger partial charge is 0.481 e. The van der Waals surface area contributed by atoms with Crippen LogP contribution in [0.1, 0.15) is 62.9 Å². The number of thiazole rings is 1. The number of aliphatic carboxylic acids is 1. The minimum absolute atomic E-state index is 0.0246. The van der Waals surface area contributed by atoms with Gasteiger partial charge in [0.2, 0.25) is 0 Å². The second kappa shape index (κ2) is 9.31. The number of rotatable bonds is 8. The van der Waals surface area contributed by atoms with Crippen molar-refractivity contribution < 1.29 is 15.0 Å². The van der Waals surface area contributed by atoms with E-state index in [0.29, 0.717) is 0 Å². The van der Waals surface area contributed by atoms with Gasteiger partial charge in [-0.05, 0) is 81.8 Å². The first-order valence-electron chi connectivity index (χ1n) is 11.6. The molecule has 2 atom stereocenters. The van der Waals surface area contributed by atoms with Crippen molar-refractivity contribution in [1.29, 1.82) is 0 Å². The number of fused-ring (bicyclic) bond motifs is 1. The molecule has 0 aliphatic carbocycles. The van der Waals surface area contributed by atoms with E-state index in [9.17, 15) is 15.0 Å². The minimum atomic E-state index is -0.819. The molecule has 0 spiro atoms. The molecule has 1 fully saturated rings. The van der Waals surface area contributed by atoms with E-state index in [1.54, 1.807) is 11.3 Å². The van der Waals surface area contributed by atoms with Crippen LogP contribution in [0.25, 0.3) is 10.2 Å². The molecule has 176 valence electrons. The number of benzene rings is 2. The molecule has 3 N–H and O–H groups in total. The summed E-state index contributed by atoms with van der Waals surface area (Å²) < 4.78 is 1.13. The van der Waals surface area contributed by atoms with E-state index in [1.165, 1.54) is 0 Å². The molecule has 33 heavy (non-hydrogen) atoms. The van der Waals surface area contributed by atoms with Gasteiger partial charge in [0.1, 0.15) is 0 Å². The van der Waals surface area contributed by atoms with Gasteiger partial charge in [-0.15, -0.1) is 11.3 Å². The third-order valence-electron chi connectivity index (χ3n) is 6.56. The number of nitrogens with zero attached hydrogens (tertiary/aromatic N) is 2. The third kappa shape index (κ3) is 5.14. The summed E-state index contributed by atoms with van der Waals surface area (Å²) >= 11 is 1.67. The topological polar surface area (TPSA) is 85.7 Å². The van der Waals surface area contributed by atoms with E-state index < -0.39 is 11.6 Å². The Bertz CT molecular complexity index is 1150. The van der Waals surface area contributed by atoms with Gasteiger partial charge in [0.25, 0.3) is 0 Å². The summed E-state index contributed by atoms with van der Waals surface area (Å²) in [5, 5.41) is 24.8. The summed E-state index contributed by atoms with van der Waals surface area (Å²) in [6.07, 6.45) is 2.83.